The first kappa shape index (κ1) is 9.51. The minimum atomic E-state index is 0.0315. The summed E-state index contributed by atoms with van der Waals surface area (Å²) >= 11 is 0. The Hall–Kier alpha value is -0.0400. The van der Waals surface area contributed by atoms with Crippen molar-refractivity contribution in [2.75, 3.05) is 0 Å². The van der Waals surface area contributed by atoms with Crippen molar-refractivity contribution >= 4 is 0 Å². The van der Waals surface area contributed by atoms with Gasteiger partial charge in [-0.05, 0) is 43.4 Å². The molecule has 0 aromatic heterocycles. The van der Waals surface area contributed by atoms with Crippen LogP contribution in [0.5, 0.6) is 0 Å². The second-order valence-electron chi connectivity index (χ2n) is 5.19. The van der Waals surface area contributed by atoms with Crippen molar-refractivity contribution in [1.82, 2.24) is 0 Å². The molecule has 4 atom stereocenters. The second kappa shape index (κ2) is 4.00. The molecule has 1 nitrogen and oxygen atoms in total. The molecular formula is C12H22O. The van der Waals surface area contributed by atoms with Gasteiger partial charge in [-0.3, -0.25) is 0 Å². The van der Waals surface area contributed by atoms with Crippen molar-refractivity contribution in [3.63, 3.8) is 0 Å². The molecule has 2 rings (SSSR count). The number of aliphatic hydroxyl groups excluding tert-OH is 1. The van der Waals surface area contributed by atoms with Crippen LogP contribution in [0.2, 0.25) is 0 Å². The molecular weight excluding hydrogens is 160 g/mol. The van der Waals surface area contributed by atoms with E-state index in [1.807, 2.05) is 0 Å². The lowest BCUT2D eigenvalue weighted by Gasteiger charge is -2.32. The van der Waals surface area contributed by atoms with E-state index in [4.69, 9.17) is 0 Å². The third-order valence-corrected chi connectivity index (χ3v) is 4.12. The summed E-state index contributed by atoms with van der Waals surface area (Å²) < 4.78 is 0. The fourth-order valence-corrected chi connectivity index (χ4v) is 3.33. The predicted octanol–water partition coefficient (Wildman–Crippen LogP) is 2.97. The quantitative estimate of drug-likeness (QED) is 0.661. The molecule has 0 radical (unpaired) electrons. The minimum absolute atomic E-state index is 0.0315. The summed E-state index contributed by atoms with van der Waals surface area (Å²) in [5.74, 6) is 2.42. The molecule has 1 heteroatoms. The van der Waals surface area contributed by atoms with Gasteiger partial charge in [0.2, 0.25) is 0 Å². The van der Waals surface area contributed by atoms with Gasteiger partial charge in [0.1, 0.15) is 0 Å². The number of aliphatic hydroxyl groups is 1. The zero-order valence-electron chi connectivity index (χ0n) is 8.71. The van der Waals surface area contributed by atoms with Gasteiger partial charge >= 0.3 is 0 Å². The summed E-state index contributed by atoms with van der Waals surface area (Å²) in [7, 11) is 0. The van der Waals surface area contributed by atoms with Crippen molar-refractivity contribution in [3.8, 4) is 0 Å². The Bertz CT molecular complexity index is 167. The zero-order valence-corrected chi connectivity index (χ0v) is 8.71. The zero-order chi connectivity index (χ0) is 9.26. The Balaban J connectivity index is 1.91. The van der Waals surface area contributed by atoms with Gasteiger partial charge in [-0.15, -0.1) is 0 Å². The average molecular weight is 182 g/mol. The number of rotatable bonds is 1. The largest absolute Gasteiger partial charge is 0.393 e. The summed E-state index contributed by atoms with van der Waals surface area (Å²) in [6.45, 7) is 2.36. The van der Waals surface area contributed by atoms with Crippen LogP contribution >= 0.6 is 0 Å². The normalized spacial score (nSPS) is 46.6. The molecule has 0 aromatic rings. The van der Waals surface area contributed by atoms with Crippen molar-refractivity contribution in [2.24, 2.45) is 17.8 Å². The first-order chi connectivity index (χ1) is 6.27. The lowest BCUT2D eigenvalue weighted by molar-refractivity contribution is 0.0373. The molecule has 0 aliphatic heterocycles. The van der Waals surface area contributed by atoms with Crippen LogP contribution in [0.25, 0.3) is 0 Å². The van der Waals surface area contributed by atoms with Gasteiger partial charge < -0.3 is 5.11 Å². The Kier molecular flexibility index (Phi) is 2.92. The summed E-state index contributed by atoms with van der Waals surface area (Å²) in [6.07, 6.45) is 9.14. The predicted molar refractivity (Wildman–Crippen MR) is 54.5 cm³/mol. The van der Waals surface area contributed by atoms with E-state index < -0.39 is 0 Å². The van der Waals surface area contributed by atoms with Crippen LogP contribution in [0.1, 0.15) is 51.9 Å². The highest BCUT2D eigenvalue weighted by molar-refractivity contribution is 4.85. The maximum Gasteiger partial charge on any atom is 0.0571 e. The summed E-state index contributed by atoms with van der Waals surface area (Å²) in [5, 5.41) is 9.92. The van der Waals surface area contributed by atoms with Crippen LogP contribution < -0.4 is 0 Å². The lowest BCUT2D eigenvalue weighted by Crippen LogP contribution is -2.29. The van der Waals surface area contributed by atoms with E-state index in [9.17, 15) is 5.11 Å². The van der Waals surface area contributed by atoms with Crippen molar-refractivity contribution in [3.05, 3.63) is 0 Å². The average Bonchev–Trinajstić information content (AvgIpc) is 2.53. The highest BCUT2D eigenvalue weighted by atomic mass is 16.3. The smallest absolute Gasteiger partial charge is 0.0571 e. The Labute approximate surface area is 81.5 Å². The Morgan fingerprint density at radius 2 is 1.77 bits per heavy atom. The molecule has 2 unspecified atom stereocenters. The Morgan fingerprint density at radius 1 is 1.00 bits per heavy atom. The van der Waals surface area contributed by atoms with Crippen LogP contribution in [-0.2, 0) is 0 Å². The van der Waals surface area contributed by atoms with Crippen molar-refractivity contribution < 1.29 is 5.11 Å². The topological polar surface area (TPSA) is 20.2 Å². The van der Waals surface area contributed by atoms with Gasteiger partial charge in [-0.25, -0.2) is 0 Å². The van der Waals surface area contributed by atoms with E-state index in [2.05, 4.69) is 6.92 Å². The third-order valence-electron chi connectivity index (χ3n) is 4.12. The van der Waals surface area contributed by atoms with Crippen molar-refractivity contribution in [2.45, 2.75) is 58.0 Å². The molecule has 0 heterocycles. The molecule has 2 aliphatic carbocycles. The van der Waals surface area contributed by atoms with E-state index in [0.717, 1.165) is 18.3 Å². The lowest BCUT2D eigenvalue weighted by atomic mass is 9.77. The monoisotopic (exact) mass is 182 g/mol. The first-order valence-corrected chi connectivity index (χ1v) is 5.95. The van der Waals surface area contributed by atoms with Gasteiger partial charge in [-0.1, -0.05) is 26.2 Å². The molecule has 2 saturated carbocycles. The third kappa shape index (κ3) is 2.07. The molecule has 2 aliphatic rings. The van der Waals surface area contributed by atoms with Crippen LogP contribution in [0, 0.1) is 17.8 Å². The van der Waals surface area contributed by atoms with Crippen molar-refractivity contribution in [1.29, 1.82) is 0 Å². The first-order valence-electron chi connectivity index (χ1n) is 5.95. The molecule has 0 spiro atoms. The molecule has 0 bridgehead atoms. The van der Waals surface area contributed by atoms with Gasteiger partial charge in [-0.2, -0.15) is 0 Å². The summed E-state index contributed by atoms with van der Waals surface area (Å²) in [4.78, 5) is 0. The maximum atomic E-state index is 9.92. The highest BCUT2D eigenvalue weighted by Crippen LogP contribution is 2.41. The van der Waals surface area contributed by atoms with Crippen LogP contribution in [0.15, 0.2) is 0 Å². The van der Waals surface area contributed by atoms with Crippen LogP contribution in [-0.4, -0.2) is 11.2 Å². The van der Waals surface area contributed by atoms with Gasteiger partial charge in [0.25, 0.3) is 0 Å². The van der Waals surface area contributed by atoms with E-state index in [1.165, 1.54) is 38.5 Å². The van der Waals surface area contributed by atoms with E-state index in [1.54, 1.807) is 0 Å². The molecule has 1 N–H and O–H groups in total. The number of hydrogen-bond acceptors (Lipinski definition) is 1. The minimum Gasteiger partial charge on any atom is -0.393 e. The number of hydrogen-bond donors (Lipinski definition) is 1. The van der Waals surface area contributed by atoms with E-state index in [-0.39, 0.29) is 6.10 Å². The molecule has 76 valence electrons. The molecule has 0 saturated heterocycles. The molecule has 2 fully saturated rings. The molecule has 13 heavy (non-hydrogen) atoms. The molecule has 0 aromatic carbocycles. The second-order valence-corrected chi connectivity index (χ2v) is 5.19. The fourth-order valence-electron chi connectivity index (χ4n) is 3.33. The van der Waals surface area contributed by atoms with Crippen LogP contribution in [0.4, 0.5) is 0 Å². The van der Waals surface area contributed by atoms with Crippen LogP contribution in [0.3, 0.4) is 0 Å². The maximum absolute atomic E-state index is 9.92. The SMILES string of the molecule is C[C@@H]1CCC(C2CCCC[C@@H]2O)C1. The van der Waals surface area contributed by atoms with Gasteiger partial charge in [0.05, 0.1) is 6.10 Å². The Morgan fingerprint density at radius 3 is 2.38 bits per heavy atom. The van der Waals surface area contributed by atoms with Gasteiger partial charge in [0, 0.05) is 0 Å². The standard InChI is InChI=1S/C12H22O/c1-9-6-7-10(8-9)11-4-2-3-5-12(11)13/h9-13H,2-8H2,1H3/t9-,10?,11?,12+/m1/s1. The summed E-state index contributed by atoms with van der Waals surface area (Å²) in [5.41, 5.74) is 0. The summed E-state index contributed by atoms with van der Waals surface area (Å²) in [6, 6.07) is 0. The van der Waals surface area contributed by atoms with E-state index >= 15 is 0 Å². The fraction of sp³-hybridized carbons (Fsp3) is 1.00. The molecule has 0 amide bonds. The van der Waals surface area contributed by atoms with Gasteiger partial charge in [0.15, 0.2) is 0 Å². The highest BCUT2D eigenvalue weighted by Gasteiger charge is 2.34. The van der Waals surface area contributed by atoms with E-state index in [0.29, 0.717) is 5.92 Å².